The molecule has 2 rings (SSSR count). The average molecular weight is 255 g/mol. The van der Waals surface area contributed by atoms with Crippen LogP contribution in [-0.2, 0) is 14.6 Å². The van der Waals surface area contributed by atoms with Crippen molar-refractivity contribution in [2.45, 2.75) is 24.0 Å². The monoisotopic (exact) mass is 255 g/mol. The van der Waals surface area contributed by atoms with Gasteiger partial charge in [0.25, 0.3) is 0 Å². The van der Waals surface area contributed by atoms with Crippen LogP contribution in [0.4, 0.5) is 5.69 Å². The first-order chi connectivity index (χ1) is 7.85. The van der Waals surface area contributed by atoms with Gasteiger partial charge < -0.3 is 10.4 Å². The molecule has 0 saturated heterocycles. The zero-order valence-corrected chi connectivity index (χ0v) is 10.3. The molecule has 0 saturated carbocycles. The molecule has 0 aliphatic carbocycles. The van der Waals surface area contributed by atoms with Gasteiger partial charge in [-0.05, 0) is 25.0 Å². The smallest absolute Gasteiger partial charge is 0.324 e. The van der Waals surface area contributed by atoms with E-state index in [-0.39, 0.29) is 11.4 Å². The maximum Gasteiger partial charge on any atom is 0.324 e. The Kier molecular flexibility index (Phi) is 2.61. The predicted octanol–water partition coefficient (Wildman–Crippen LogP) is 0.956. The van der Waals surface area contributed by atoms with Gasteiger partial charge in [0.15, 0.2) is 15.1 Å². The first-order valence-corrected chi connectivity index (χ1v) is 6.71. The largest absolute Gasteiger partial charge is 0.480 e. The lowest BCUT2D eigenvalue weighted by Gasteiger charge is -2.26. The Balaban J connectivity index is 2.73. The second-order valence-electron chi connectivity index (χ2n) is 4.16. The molecular formula is C11H13NO4S. The first-order valence-electron chi connectivity index (χ1n) is 5.16. The lowest BCUT2D eigenvalue weighted by molar-refractivity contribution is -0.136. The normalized spacial score (nSPS) is 21.4. The Labute approximate surface area is 99.4 Å². The lowest BCUT2D eigenvalue weighted by atomic mass is 10.1. The van der Waals surface area contributed by atoms with E-state index in [0.717, 1.165) is 5.56 Å². The van der Waals surface area contributed by atoms with E-state index in [9.17, 15) is 13.2 Å². The maximum absolute atomic E-state index is 12.2. The van der Waals surface area contributed by atoms with Gasteiger partial charge in [-0.15, -0.1) is 0 Å². The Bertz CT molecular complexity index is 592. The fraction of sp³-hybridized carbons (Fsp3) is 0.364. The van der Waals surface area contributed by atoms with Crippen molar-refractivity contribution in [1.82, 2.24) is 0 Å². The molecule has 5 nitrogen and oxygen atoms in total. The molecule has 1 unspecified atom stereocenters. The van der Waals surface area contributed by atoms with Crippen LogP contribution in [0.25, 0.3) is 0 Å². The van der Waals surface area contributed by atoms with Crippen LogP contribution in [0, 0.1) is 13.8 Å². The van der Waals surface area contributed by atoms with Crippen LogP contribution in [0.5, 0.6) is 0 Å². The van der Waals surface area contributed by atoms with Gasteiger partial charge >= 0.3 is 5.97 Å². The van der Waals surface area contributed by atoms with E-state index in [1.54, 1.807) is 19.9 Å². The number of aliphatic carboxylic acids is 1. The van der Waals surface area contributed by atoms with Gasteiger partial charge in [-0.1, -0.05) is 12.1 Å². The number of carboxylic acids is 1. The van der Waals surface area contributed by atoms with E-state index in [1.165, 1.54) is 0 Å². The summed E-state index contributed by atoms with van der Waals surface area (Å²) < 4.78 is 24.4. The number of carbonyl (C=O) groups is 1. The molecule has 0 bridgehead atoms. The highest BCUT2D eigenvalue weighted by molar-refractivity contribution is 7.93. The van der Waals surface area contributed by atoms with E-state index in [1.807, 2.05) is 6.07 Å². The van der Waals surface area contributed by atoms with Crippen LogP contribution in [0.15, 0.2) is 17.0 Å². The van der Waals surface area contributed by atoms with Crippen molar-refractivity contribution in [2.24, 2.45) is 0 Å². The van der Waals surface area contributed by atoms with Gasteiger partial charge in [-0.2, -0.15) is 0 Å². The van der Waals surface area contributed by atoms with Crippen LogP contribution < -0.4 is 5.32 Å². The minimum Gasteiger partial charge on any atom is -0.480 e. The third-order valence-corrected chi connectivity index (χ3v) is 5.17. The molecule has 1 heterocycles. The van der Waals surface area contributed by atoms with Gasteiger partial charge in [0, 0.05) is 6.54 Å². The second-order valence-corrected chi connectivity index (χ2v) is 6.22. The van der Waals surface area contributed by atoms with Crippen LogP contribution in [0.3, 0.4) is 0 Å². The molecule has 92 valence electrons. The van der Waals surface area contributed by atoms with Crippen molar-refractivity contribution in [2.75, 3.05) is 11.9 Å². The highest BCUT2D eigenvalue weighted by Crippen LogP contribution is 2.34. The van der Waals surface area contributed by atoms with Crippen molar-refractivity contribution >= 4 is 21.5 Å². The number of hydrogen-bond donors (Lipinski definition) is 2. The van der Waals surface area contributed by atoms with Crippen molar-refractivity contribution < 1.29 is 18.3 Å². The minimum atomic E-state index is -3.80. The summed E-state index contributed by atoms with van der Waals surface area (Å²) in [5.74, 6) is -1.32. The van der Waals surface area contributed by atoms with Gasteiger partial charge in [0.2, 0.25) is 0 Å². The molecule has 1 aliphatic heterocycles. The fourth-order valence-electron chi connectivity index (χ4n) is 2.04. The van der Waals surface area contributed by atoms with Crippen LogP contribution in [-0.4, -0.2) is 31.3 Å². The summed E-state index contributed by atoms with van der Waals surface area (Å²) in [6, 6.07) is 3.51. The Hall–Kier alpha value is -1.56. The molecule has 0 aromatic heterocycles. The average Bonchev–Trinajstić information content (AvgIpc) is 2.21. The van der Waals surface area contributed by atoms with Crippen LogP contribution in [0.1, 0.15) is 11.1 Å². The first kappa shape index (κ1) is 11.9. The lowest BCUT2D eigenvalue weighted by Crippen LogP contribution is -2.41. The predicted molar refractivity (Wildman–Crippen MR) is 63.0 cm³/mol. The molecule has 1 aliphatic rings. The molecule has 17 heavy (non-hydrogen) atoms. The zero-order valence-electron chi connectivity index (χ0n) is 9.52. The number of fused-ring (bicyclic) bond motifs is 1. The van der Waals surface area contributed by atoms with Gasteiger partial charge in [-0.3, -0.25) is 4.79 Å². The number of hydrogen-bond acceptors (Lipinski definition) is 4. The van der Waals surface area contributed by atoms with E-state index < -0.39 is 21.1 Å². The molecule has 1 aromatic rings. The van der Waals surface area contributed by atoms with Crippen molar-refractivity contribution in [1.29, 1.82) is 0 Å². The molecule has 6 heteroatoms. The van der Waals surface area contributed by atoms with Crippen molar-refractivity contribution in [3.05, 3.63) is 23.3 Å². The number of aryl methyl sites for hydroxylation is 2. The summed E-state index contributed by atoms with van der Waals surface area (Å²) in [6.07, 6.45) is 0. The summed E-state index contributed by atoms with van der Waals surface area (Å²) in [6.45, 7) is 3.37. The standard InChI is InChI=1S/C11H13NO4S/c1-6-3-4-7(2)10-9(6)12-5-8(11(13)14)17(10,15)16/h3-4,8,12H,5H2,1-2H3,(H,13,14). The highest BCUT2D eigenvalue weighted by atomic mass is 32.2. The number of anilines is 1. The Morgan fingerprint density at radius 1 is 1.35 bits per heavy atom. The maximum atomic E-state index is 12.2. The van der Waals surface area contributed by atoms with E-state index in [2.05, 4.69) is 5.32 Å². The van der Waals surface area contributed by atoms with E-state index in [4.69, 9.17) is 5.11 Å². The molecule has 1 aromatic carbocycles. The summed E-state index contributed by atoms with van der Waals surface area (Å²) in [5.41, 5.74) is 1.91. The molecule has 0 radical (unpaired) electrons. The number of benzene rings is 1. The molecule has 0 amide bonds. The summed E-state index contributed by atoms with van der Waals surface area (Å²) in [5, 5.41) is 10.4. The van der Waals surface area contributed by atoms with Crippen molar-refractivity contribution in [3.63, 3.8) is 0 Å². The second kappa shape index (κ2) is 3.73. The molecule has 0 fully saturated rings. The molecule has 0 spiro atoms. The quantitative estimate of drug-likeness (QED) is 0.780. The SMILES string of the molecule is Cc1ccc(C)c2c1NCC(C(=O)O)S2(=O)=O. The zero-order chi connectivity index (χ0) is 12.8. The van der Waals surface area contributed by atoms with E-state index >= 15 is 0 Å². The summed E-state index contributed by atoms with van der Waals surface area (Å²) in [4.78, 5) is 11.1. The minimum absolute atomic E-state index is 0.0883. The summed E-state index contributed by atoms with van der Waals surface area (Å²) in [7, 11) is -3.80. The van der Waals surface area contributed by atoms with Gasteiger partial charge in [0.1, 0.15) is 0 Å². The molecule has 2 N–H and O–H groups in total. The van der Waals surface area contributed by atoms with E-state index in [0.29, 0.717) is 11.3 Å². The van der Waals surface area contributed by atoms with Gasteiger partial charge in [0.05, 0.1) is 10.6 Å². The van der Waals surface area contributed by atoms with Crippen molar-refractivity contribution in [3.8, 4) is 0 Å². The Morgan fingerprint density at radius 3 is 2.53 bits per heavy atom. The summed E-state index contributed by atoms with van der Waals surface area (Å²) >= 11 is 0. The molecule has 1 atom stereocenters. The van der Waals surface area contributed by atoms with Crippen LogP contribution >= 0.6 is 0 Å². The number of rotatable bonds is 1. The van der Waals surface area contributed by atoms with Crippen LogP contribution in [0.2, 0.25) is 0 Å². The Morgan fingerprint density at radius 2 is 1.94 bits per heavy atom. The fourth-order valence-corrected chi connectivity index (χ4v) is 3.93. The molecular weight excluding hydrogens is 242 g/mol. The number of sulfone groups is 1. The number of nitrogens with one attached hydrogen (secondary N) is 1. The highest BCUT2D eigenvalue weighted by Gasteiger charge is 2.40. The topological polar surface area (TPSA) is 83.5 Å². The third-order valence-electron chi connectivity index (χ3n) is 2.96. The number of carboxylic acid groups (broad SMARTS) is 1. The third kappa shape index (κ3) is 1.68. The van der Waals surface area contributed by atoms with Gasteiger partial charge in [-0.25, -0.2) is 8.42 Å².